The first-order chi connectivity index (χ1) is 14.1. The first-order valence-electron chi connectivity index (χ1n) is 10.2. The molecule has 2 aliphatic rings. The minimum atomic E-state index is -0.173. The van der Waals surface area contributed by atoms with Crippen molar-refractivity contribution in [2.24, 2.45) is 5.73 Å². The maximum atomic E-state index is 12.0. The van der Waals surface area contributed by atoms with Gasteiger partial charge in [0.1, 0.15) is 0 Å². The van der Waals surface area contributed by atoms with Gasteiger partial charge in [0.25, 0.3) is 0 Å². The molecule has 0 spiro atoms. The van der Waals surface area contributed by atoms with Crippen LogP contribution in [0.5, 0.6) is 0 Å². The van der Waals surface area contributed by atoms with Crippen LogP contribution in [0, 0.1) is 0 Å². The SMILES string of the molecule is NC1(c2ccc(-c3nc4c(cc3-c3ccccc3)NC(=O)CCN4)cc2)CCC1. The number of hydrogen-bond acceptors (Lipinski definition) is 4. The van der Waals surface area contributed by atoms with Crippen molar-refractivity contribution >= 4 is 17.4 Å². The van der Waals surface area contributed by atoms with Crippen LogP contribution in [0.3, 0.4) is 0 Å². The molecule has 146 valence electrons. The number of nitrogens with two attached hydrogens (primary N) is 1. The lowest BCUT2D eigenvalue weighted by Crippen LogP contribution is -2.43. The van der Waals surface area contributed by atoms with Gasteiger partial charge in [-0.05, 0) is 36.5 Å². The van der Waals surface area contributed by atoms with E-state index in [1.807, 2.05) is 24.3 Å². The third kappa shape index (κ3) is 3.28. The van der Waals surface area contributed by atoms with E-state index < -0.39 is 0 Å². The largest absolute Gasteiger partial charge is 0.368 e. The zero-order chi connectivity index (χ0) is 19.8. The van der Waals surface area contributed by atoms with E-state index >= 15 is 0 Å². The fourth-order valence-corrected chi connectivity index (χ4v) is 4.11. The second-order valence-electron chi connectivity index (χ2n) is 7.96. The highest BCUT2D eigenvalue weighted by Crippen LogP contribution is 2.41. The molecule has 1 aliphatic carbocycles. The molecule has 0 bridgehead atoms. The van der Waals surface area contributed by atoms with Gasteiger partial charge in [-0.2, -0.15) is 0 Å². The number of nitrogens with zero attached hydrogens (tertiary/aromatic N) is 1. The van der Waals surface area contributed by atoms with Gasteiger partial charge in [-0.15, -0.1) is 0 Å². The maximum Gasteiger partial charge on any atom is 0.226 e. The predicted molar refractivity (Wildman–Crippen MR) is 117 cm³/mol. The van der Waals surface area contributed by atoms with E-state index in [9.17, 15) is 4.79 Å². The monoisotopic (exact) mass is 384 g/mol. The van der Waals surface area contributed by atoms with E-state index in [1.165, 1.54) is 12.0 Å². The number of nitrogens with one attached hydrogen (secondary N) is 2. The number of carbonyl (C=O) groups excluding carboxylic acids is 1. The molecule has 5 heteroatoms. The number of amides is 1. The average Bonchev–Trinajstić information content (AvgIpc) is 2.92. The van der Waals surface area contributed by atoms with E-state index in [0.29, 0.717) is 18.8 Å². The Morgan fingerprint density at radius 2 is 1.72 bits per heavy atom. The van der Waals surface area contributed by atoms with Crippen molar-refractivity contribution in [3.8, 4) is 22.4 Å². The Labute approximate surface area is 170 Å². The molecule has 1 aliphatic heterocycles. The Bertz CT molecular complexity index is 1060. The second kappa shape index (κ2) is 7.01. The summed E-state index contributed by atoms with van der Waals surface area (Å²) in [4.78, 5) is 16.9. The number of benzene rings is 2. The molecule has 3 aromatic rings. The lowest BCUT2D eigenvalue weighted by atomic mass is 9.72. The molecule has 2 aromatic carbocycles. The number of carbonyl (C=O) groups is 1. The molecule has 0 radical (unpaired) electrons. The van der Waals surface area contributed by atoms with Crippen molar-refractivity contribution in [1.29, 1.82) is 0 Å². The topological polar surface area (TPSA) is 80.0 Å². The highest BCUT2D eigenvalue weighted by atomic mass is 16.1. The summed E-state index contributed by atoms with van der Waals surface area (Å²) in [7, 11) is 0. The Hall–Kier alpha value is -3.18. The summed E-state index contributed by atoms with van der Waals surface area (Å²) in [5, 5.41) is 6.26. The number of rotatable bonds is 3. The quantitative estimate of drug-likeness (QED) is 0.621. The smallest absolute Gasteiger partial charge is 0.226 e. The molecule has 0 unspecified atom stereocenters. The molecule has 1 aromatic heterocycles. The third-order valence-corrected chi connectivity index (χ3v) is 6.00. The fourth-order valence-electron chi connectivity index (χ4n) is 4.11. The van der Waals surface area contributed by atoms with E-state index in [4.69, 9.17) is 10.7 Å². The van der Waals surface area contributed by atoms with Crippen molar-refractivity contribution < 1.29 is 4.79 Å². The first kappa shape index (κ1) is 17.9. The molecular formula is C24H24N4O. The molecule has 1 saturated carbocycles. The number of pyridine rings is 1. The summed E-state index contributed by atoms with van der Waals surface area (Å²) >= 11 is 0. The molecule has 5 rings (SSSR count). The molecule has 29 heavy (non-hydrogen) atoms. The van der Waals surface area contributed by atoms with Gasteiger partial charge in [0.15, 0.2) is 5.82 Å². The van der Waals surface area contributed by atoms with Crippen LogP contribution in [0.2, 0.25) is 0 Å². The van der Waals surface area contributed by atoms with Crippen molar-refractivity contribution in [3.63, 3.8) is 0 Å². The summed E-state index contributed by atoms with van der Waals surface area (Å²) in [6.07, 6.45) is 3.71. The summed E-state index contributed by atoms with van der Waals surface area (Å²) in [5.74, 6) is 0.715. The van der Waals surface area contributed by atoms with Crippen LogP contribution in [-0.2, 0) is 10.3 Å². The second-order valence-corrected chi connectivity index (χ2v) is 7.96. The Balaban J connectivity index is 1.63. The number of anilines is 2. The van der Waals surface area contributed by atoms with Crippen LogP contribution in [0.25, 0.3) is 22.4 Å². The lowest BCUT2D eigenvalue weighted by molar-refractivity contribution is -0.115. The minimum absolute atomic E-state index is 0.00269. The van der Waals surface area contributed by atoms with Gasteiger partial charge in [-0.1, -0.05) is 54.6 Å². The van der Waals surface area contributed by atoms with Crippen LogP contribution in [-0.4, -0.2) is 17.4 Å². The van der Waals surface area contributed by atoms with Crippen LogP contribution in [0.1, 0.15) is 31.2 Å². The highest BCUT2D eigenvalue weighted by molar-refractivity contribution is 5.98. The molecular weight excluding hydrogens is 360 g/mol. The van der Waals surface area contributed by atoms with Crippen molar-refractivity contribution in [3.05, 3.63) is 66.2 Å². The fraction of sp³-hybridized carbons (Fsp3) is 0.250. The summed E-state index contributed by atoms with van der Waals surface area (Å²) < 4.78 is 0. The van der Waals surface area contributed by atoms with E-state index in [1.54, 1.807) is 0 Å². The zero-order valence-corrected chi connectivity index (χ0v) is 16.2. The summed E-state index contributed by atoms with van der Waals surface area (Å²) in [5.41, 5.74) is 12.2. The van der Waals surface area contributed by atoms with Gasteiger partial charge in [-0.3, -0.25) is 4.79 Å². The number of aromatic nitrogens is 1. The normalized spacial score (nSPS) is 17.3. The van der Waals surface area contributed by atoms with E-state index in [0.717, 1.165) is 40.9 Å². The summed E-state index contributed by atoms with van der Waals surface area (Å²) in [6, 6.07) is 20.7. The first-order valence-corrected chi connectivity index (χ1v) is 10.2. The zero-order valence-electron chi connectivity index (χ0n) is 16.2. The minimum Gasteiger partial charge on any atom is -0.368 e. The van der Waals surface area contributed by atoms with E-state index in [2.05, 4.69) is 47.0 Å². The molecule has 2 heterocycles. The number of fused-ring (bicyclic) bond motifs is 1. The van der Waals surface area contributed by atoms with Crippen molar-refractivity contribution in [2.45, 2.75) is 31.2 Å². The highest BCUT2D eigenvalue weighted by Gasteiger charge is 2.34. The molecule has 0 atom stereocenters. The molecule has 5 nitrogen and oxygen atoms in total. The van der Waals surface area contributed by atoms with Gasteiger partial charge in [0.05, 0.1) is 11.4 Å². The third-order valence-electron chi connectivity index (χ3n) is 6.00. The number of hydrogen-bond donors (Lipinski definition) is 3. The van der Waals surface area contributed by atoms with Gasteiger partial charge in [0, 0.05) is 29.6 Å². The standard InChI is InChI=1S/C24H24N4O/c25-24(12-4-13-24)18-9-7-17(8-10-18)22-19(16-5-2-1-3-6-16)15-20-23(28-22)26-14-11-21(29)27-20/h1-3,5-10,15H,4,11-14,25H2,(H,26,28)(H,27,29). The Morgan fingerprint density at radius 1 is 0.966 bits per heavy atom. The van der Waals surface area contributed by atoms with Gasteiger partial charge >= 0.3 is 0 Å². The van der Waals surface area contributed by atoms with E-state index in [-0.39, 0.29) is 11.4 Å². The predicted octanol–water partition coefficient (Wildman–Crippen LogP) is 4.51. The molecule has 1 fully saturated rings. The van der Waals surface area contributed by atoms with Crippen molar-refractivity contribution in [2.75, 3.05) is 17.2 Å². The van der Waals surface area contributed by atoms with Gasteiger partial charge < -0.3 is 16.4 Å². The Morgan fingerprint density at radius 3 is 2.41 bits per heavy atom. The van der Waals surface area contributed by atoms with Crippen LogP contribution >= 0.6 is 0 Å². The van der Waals surface area contributed by atoms with Gasteiger partial charge in [0.2, 0.25) is 5.91 Å². The van der Waals surface area contributed by atoms with Crippen LogP contribution in [0.4, 0.5) is 11.5 Å². The molecule has 0 saturated heterocycles. The Kier molecular flexibility index (Phi) is 4.32. The van der Waals surface area contributed by atoms with Crippen LogP contribution < -0.4 is 16.4 Å². The van der Waals surface area contributed by atoms with Gasteiger partial charge in [-0.25, -0.2) is 4.98 Å². The summed E-state index contributed by atoms with van der Waals surface area (Å²) in [6.45, 7) is 0.574. The molecule has 4 N–H and O–H groups in total. The average molecular weight is 384 g/mol. The molecule has 1 amide bonds. The van der Waals surface area contributed by atoms with Crippen molar-refractivity contribution in [1.82, 2.24) is 4.98 Å². The van der Waals surface area contributed by atoms with Crippen LogP contribution in [0.15, 0.2) is 60.7 Å². The maximum absolute atomic E-state index is 12.0. The lowest BCUT2D eigenvalue weighted by Gasteiger charge is -2.38.